The summed E-state index contributed by atoms with van der Waals surface area (Å²) in [5.74, 6) is -0.538. The van der Waals surface area contributed by atoms with Crippen LogP contribution in [0.15, 0.2) is 47.4 Å². The number of hydrogen-bond acceptors (Lipinski definition) is 5. The first-order valence-electron chi connectivity index (χ1n) is 9.60. The SMILES string of the molecule is COC(=O)c1ccc(S(=O)(=O)N2CCN(Cc3ccc(C(F)(F)F)cc3)CC2)c(C)c1. The van der Waals surface area contributed by atoms with Crippen molar-refractivity contribution in [2.24, 2.45) is 0 Å². The highest BCUT2D eigenvalue weighted by atomic mass is 32.2. The van der Waals surface area contributed by atoms with Crippen LogP contribution in [0.1, 0.15) is 27.0 Å². The number of nitrogens with zero attached hydrogens (tertiary/aromatic N) is 2. The summed E-state index contributed by atoms with van der Waals surface area (Å²) in [6.45, 7) is 3.51. The molecule has 0 atom stereocenters. The number of benzene rings is 2. The standard InChI is InChI=1S/C21H23F3N2O4S/c1-15-13-17(20(27)30-2)5-8-19(15)31(28,29)26-11-9-25(10-12-26)14-16-3-6-18(7-4-16)21(22,23)24/h3-8,13H,9-12,14H2,1-2H3. The smallest absolute Gasteiger partial charge is 0.416 e. The van der Waals surface area contributed by atoms with Gasteiger partial charge in [-0.05, 0) is 48.4 Å². The molecule has 0 bridgehead atoms. The van der Waals surface area contributed by atoms with Gasteiger partial charge in [0.15, 0.2) is 0 Å². The Kier molecular flexibility index (Phi) is 6.73. The summed E-state index contributed by atoms with van der Waals surface area (Å²) >= 11 is 0. The van der Waals surface area contributed by atoms with Crippen LogP contribution in [-0.4, -0.2) is 56.9 Å². The summed E-state index contributed by atoms with van der Waals surface area (Å²) in [4.78, 5) is 13.8. The van der Waals surface area contributed by atoms with Crippen molar-refractivity contribution in [3.05, 3.63) is 64.7 Å². The molecule has 1 heterocycles. The first kappa shape index (κ1) is 23.2. The number of hydrogen-bond donors (Lipinski definition) is 0. The van der Waals surface area contributed by atoms with Gasteiger partial charge in [0.2, 0.25) is 10.0 Å². The van der Waals surface area contributed by atoms with Crippen molar-refractivity contribution in [1.29, 1.82) is 0 Å². The average molecular weight is 456 g/mol. The highest BCUT2D eigenvalue weighted by molar-refractivity contribution is 7.89. The largest absolute Gasteiger partial charge is 0.465 e. The Morgan fingerprint density at radius 1 is 1.03 bits per heavy atom. The zero-order valence-electron chi connectivity index (χ0n) is 17.1. The molecule has 0 aromatic heterocycles. The number of alkyl halides is 3. The second-order valence-electron chi connectivity index (χ2n) is 7.35. The molecule has 6 nitrogen and oxygen atoms in total. The van der Waals surface area contributed by atoms with E-state index in [1.165, 1.54) is 41.7 Å². The number of methoxy groups -OCH3 is 1. The molecule has 31 heavy (non-hydrogen) atoms. The van der Waals surface area contributed by atoms with E-state index in [1.54, 1.807) is 6.92 Å². The van der Waals surface area contributed by atoms with Gasteiger partial charge in [0.05, 0.1) is 23.1 Å². The molecule has 0 N–H and O–H groups in total. The molecule has 0 spiro atoms. The molecular weight excluding hydrogens is 433 g/mol. The molecule has 1 saturated heterocycles. The van der Waals surface area contributed by atoms with Gasteiger partial charge in [-0.15, -0.1) is 0 Å². The molecule has 0 radical (unpaired) electrons. The fourth-order valence-electron chi connectivity index (χ4n) is 3.51. The summed E-state index contributed by atoms with van der Waals surface area (Å²) in [6.07, 6.45) is -4.37. The second-order valence-corrected chi connectivity index (χ2v) is 9.25. The molecule has 1 aliphatic heterocycles. The van der Waals surface area contributed by atoms with Crippen LogP contribution in [0.5, 0.6) is 0 Å². The van der Waals surface area contributed by atoms with E-state index in [0.717, 1.165) is 17.7 Å². The van der Waals surface area contributed by atoms with Crippen molar-refractivity contribution in [2.45, 2.75) is 24.5 Å². The number of halogens is 3. The van der Waals surface area contributed by atoms with E-state index in [-0.39, 0.29) is 23.5 Å². The van der Waals surface area contributed by atoms with E-state index < -0.39 is 27.7 Å². The Bertz CT molecular complexity index is 1050. The first-order chi connectivity index (χ1) is 14.5. The van der Waals surface area contributed by atoms with Gasteiger partial charge in [-0.2, -0.15) is 17.5 Å². The lowest BCUT2D eigenvalue weighted by Crippen LogP contribution is -2.48. The number of carbonyl (C=O) groups excluding carboxylic acids is 1. The maximum atomic E-state index is 13.0. The summed E-state index contributed by atoms with van der Waals surface area (Å²) in [7, 11) is -2.47. The Morgan fingerprint density at radius 3 is 2.16 bits per heavy atom. The van der Waals surface area contributed by atoms with Crippen LogP contribution in [0.25, 0.3) is 0 Å². The highest BCUT2D eigenvalue weighted by Gasteiger charge is 2.31. The predicted molar refractivity (Wildman–Crippen MR) is 108 cm³/mol. The third kappa shape index (κ3) is 5.25. The number of esters is 1. The minimum Gasteiger partial charge on any atom is -0.465 e. The molecule has 1 aliphatic rings. The van der Waals surface area contributed by atoms with Crippen LogP contribution >= 0.6 is 0 Å². The minimum atomic E-state index is -4.37. The predicted octanol–water partition coefficient (Wildman–Crippen LogP) is 3.31. The molecule has 1 fully saturated rings. The quantitative estimate of drug-likeness (QED) is 0.646. The lowest BCUT2D eigenvalue weighted by molar-refractivity contribution is -0.137. The van der Waals surface area contributed by atoms with Gasteiger partial charge < -0.3 is 4.74 Å². The minimum absolute atomic E-state index is 0.136. The molecule has 0 unspecified atom stereocenters. The number of carbonyl (C=O) groups is 1. The number of ether oxygens (including phenoxy) is 1. The molecule has 10 heteroatoms. The lowest BCUT2D eigenvalue weighted by Gasteiger charge is -2.34. The summed E-state index contributed by atoms with van der Waals surface area (Å²) in [6, 6.07) is 9.31. The number of sulfonamides is 1. The lowest BCUT2D eigenvalue weighted by atomic mass is 10.1. The fourth-order valence-corrected chi connectivity index (χ4v) is 5.14. The van der Waals surface area contributed by atoms with Gasteiger partial charge in [-0.25, -0.2) is 13.2 Å². The molecule has 2 aromatic rings. The second kappa shape index (κ2) is 8.97. The fraction of sp³-hybridized carbons (Fsp3) is 0.381. The normalized spacial score (nSPS) is 16.3. The molecule has 2 aromatic carbocycles. The van der Waals surface area contributed by atoms with Crippen molar-refractivity contribution < 1.29 is 31.1 Å². The van der Waals surface area contributed by atoms with Crippen LogP contribution in [0.3, 0.4) is 0 Å². The van der Waals surface area contributed by atoms with Gasteiger partial charge in [0, 0.05) is 32.7 Å². The van der Waals surface area contributed by atoms with Gasteiger partial charge >= 0.3 is 12.1 Å². The molecule has 0 amide bonds. The maximum Gasteiger partial charge on any atom is 0.416 e. The van der Waals surface area contributed by atoms with Crippen LogP contribution in [0.4, 0.5) is 13.2 Å². The van der Waals surface area contributed by atoms with E-state index in [1.807, 2.05) is 4.90 Å². The Balaban J connectivity index is 1.64. The van der Waals surface area contributed by atoms with Crippen LogP contribution in [0.2, 0.25) is 0 Å². The monoisotopic (exact) mass is 456 g/mol. The van der Waals surface area contributed by atoms with Crippen molar-refractivity contribution >= 4 is 16.0 Å². The number of aryl methyl sites for hydroxylation is 1. The molecule has 0 saturated carbocycles. The Morgan fingerprint density at radius 2 is 1.65 bits per heavy atom. The zero-order valence-corrected chi connectivity index (χ0v) is 18.0. The number of rotatable bonds is 5. The third-order valence-electron chi connectivity index (χ3n) is 5.23. The molecule has 0 aliphatic carbocycles. The van der Waals surface area contributed by atoms with Crippen LogP contribution in [-0.2, 0) is 27.5 Å². The molecule has 3 rings (SSSR count). The van der Waals surface area contributed by atoms with Crippen molar-refractivity contribution in [1.82, 2.24) is 9.21 Å². The summed E-state index contributed by atoms with van der Waals surface area (Å²) in [5, 5.41) is 0. The zero-order chi connectivity index (χ0) is 22.8. The van der Waals surface area contributed by atoms with Crippen molar-refractivity contribution in [2.75, 3.05) is 33.3 Å². The van der Waals surface area contributed by atoms with E-state index in [2.05, 4.69) is 4.74 Å². The third-order valence-corrected chi connectivity index (χ3v) is 7.29. The van der Waals surface area contributed by atoms with Crippen molar-refractivity contribution in [3.63, 3.8) is 0 Å². The first-order valence-corrected chi connectivity index (χ1v) is 11.0. The topological polar surface area (TPSA) is 66.9 Å². The molecular formula is C21H23F3N2O4S. The Labute approximate surface area is 179 Å². The van der Waals surface area contributed by atoms with Crippen LogP contribution in [0, 0.1) is 6.92 Å². The van der Waals surface area contributed by atoms with Gasteiger partial charge in [0.1, 0.15) is 0 Å². The van der Waals surface area contributed by atoms with Crippen LogP contribution < -0.4 is 0 Å². The van der Waals surface area contributed by atoms with E-state index >= 15 is 0 Å². The average Bonchev–Trinajstić information content (AvgIpc) is 2.73. The Hall–Kier alpha value is -2.43. The van der Waals surface area contributed by atoms with Crippen molar-refractivity contribution in [3.8, 4) is 0 Å². The molecule has 168 valence electrons. The maximum absolute atomic E-state index is 13.0. The summed E-state index contributed by atoms with van der Waals surface area (Å²) < 4.78 is 70.2. The van der Waals surface area contributed by atoms with E-state index in [9.17, 15) is 26.4 Å². The van der Waals surface area contributed by atoms with Gasteiger partial charge in [-0.1, -0.05) is 12.1 Å². The summed E-state index contributed by atoms with van der Waals surface area (Å²) in [5.41, 5.74) is 0.773. The highest BCUT2D eigenvalue weighted by Crippen LogP contribution is 2.29. The van der Waals surface area contributed by atoms with Gasteiger partial charge in [-0.3, -0.25) is 4.90 Å². The van der Waals surface area contributed by atoms with Gasteiger partial charge in [0.25, 0.3) is 0 Å². The number of piperazine rings is 1. The van der Waals surface area contributed by atoms with E-state index in [0.29, 0.717) is 25.2 Å². The van der Waals surface area contributed by atoms with E-state index in [4.69, 9.17) is 0 Å².